The van der Waals surface area contributed by atoms with Gasteiger partial charge in [0.2, 0.25) is 5.52 Å². The first-order valence-electron chi connectivity index (χ1n) is 6.88. The number of aromatic nitrogens is 1. The molecule has 0 N–H and O–H groups in total. The van der Waals surface area contributed by atoms with E-state index in [-0.39, 0.29) is 0 Å². The number of hydrogen-bond donors (Lipinski definition) is 0. The van der Waals surface area contributed by atoms with Gasteiger partial charge in [-0.3, -0.25) is 0 Å². The number of benzene rings is 1. The molecule has 7 heteroatoms. The Hall–Kier alpha value is -2.06. The van der Waals surface area contributed by atoms with E-state index in [9.17, 15) is 0 Å². The van der Waals surface area contributed by atoms with E-state index in [1.807, 2.05) is 0 Å². The predicted molar refractivity (Wildman–Crippen MR) is 80.4 cm³/mol. The molecule has 0 aliphatic carbocycles. The monoisotopic (exact) mass is 361 g/mol. The molecular weight excluding hydrogens is 350 g/mol. The van der Waals surface area contributed by atoms with E-state index >= 15 is 0 Å². The molecule has 3 heterocycles. The van der Waals surface area contributed by atoms with Gasteiger partial charge in [-0.1, -0.05) is 6.07 Å². The van der Waals surface area contributed by atoms with Crippen LogP contribution in [0.4, 0.5) is 0 Å². The van der Waals surface area contributed by atoms with Crippen LogP contribution in [0.3, 0.4) is 0 Å². The second kappa shape index (κ2) is 6.82. The summed E-state index contributed by atoms with van der Waals surface area (Å²) < 4.78 is 36.1. The van der Waals surface area contributed by atoms with Crippen molar-refractivity contribution in [2.75, 3.05) is 0 Å². The summed E-state index contributed by atoms with van der Waals surface area (Å²) in [6.45, 7) is 0. The Morgan fingerprint density at radius 1 is 0.833 bits per heavy atom. The molecule has 0 unspecified atom stereocenters. The van der Waals surface area contributed by atoms with E-state index in [0.717, 1.165) is 0 Å². The molecule has 4 rings (SSSR count). The van der Waals surface area contributed by atoms with Crippen LogP contribution in [0, 0.1) is 10.2 Å². The minimum Gasteiger partial charge on any atom is -0.222 e. The topological polar surface area (TPSA) is 96.3 Å². The number of rotatable bonds is 1. The summed E-state index contributed by atoms with van der Waals surface area (Å²) in [5, 5.41) is 6.87. The fourth-order valence-electron chi connectivity index (χ4n) is 2.44. The summed E-state index contributed by atoms with van der Waals surface area (Å²) in [4.78, 5) is 0. The molecule has 0 aliphatic rings. The molecule has 4 aromatic rings. The number of nitrogens with zero attached hydrogens (tertiary/aromatic N) is 1. The van der Waals surface area contributed by atoms with Gasteiger partial charge in [0.25, 0.3) is 0 Å². The Labute approximate surface area is 144 Å². The summed E-state index contributed by atoms with van der Waals surface area (Å²) in [5.41, 5.74) is 3.80. The van der Waals surface area contributed by atoms with Gasteiger partial charge in [-0.15, -0.1) is 10.2 Å². The zero-order valence-corrected chi connectivity index (χ0v) is 13.9. The molecule has 0 spiro atoms. The lowest BCUT2D eigenvalue weighted by atomic mass is 10.0. The van der Waals surface area contributed by atoms with Crippen LogP contribution in [-0.4, -0.2) is 0 Å². The third kappa shape index (κ3) is 4.27. The molecule has 5 nitrogen and oxygen atoms in total. The van der Waals surface area contributed by atoms with Crippen LogP contribution in [0.1, 0.15) is 0 Å². The smallest absolute Gasteiger partial charge is 0.211 e. The number of hydrogen-bond acceptors (Lipinski definition) is 5. The van der Waals surface area contributed by atoms with Crippen molar-refractivity contribution in [1.82, 2.24) is 0 Å². The number of thiophene rings is 1. The normalized spacial score (nSPS) is 11.3. The van der Waals surface area contributed by atoms with Gasteiger partial charge in [0.1, 0.15) is 0 Å². The minimum atomic E-state index is -4.94. The van der Waals surface area contributed by atoms with Crippen molar-refractivity contribution < 1.29 is 33.3 Å². The SMILES string of the molecule is [O-][Cl+3]([O-])([O-])[O-].c1cc[n+]2cc3ccc(-c4ccsc4)cc3cc2c1. The highest BCUT2D eigenvalue weighted by Crippen LogP contribution is 2.26. The van der Waals surface area contributed by atoms with E-state index in [2.05, 4.69) is 76.1 Å². The first kappa shape index (κ1) is 16.8. The molecule has 0 aliphatic heterocycles. The van der Waals surface area contributed by atoms with Gasteiger partial charge >= 0.3 is 0 Å². The van der Waals surface area contributed by atoms with Crippen molar-refractivity contribution in [1.29, 1.82) is 0 Å². The molecule has 0 amide bonds. The fraction of sp³-hybridized carbons (Fsp3) is 0. The third-order valence-electron chi connectivity index (χ3n) is 3.45. The first-order chi connectivity index (χ1) is 11.4. The lowest BCUT2D eigenvalue weighted by molar-refractivity contribution is -2.00. The van der Waals surface area contributed by atoms with Crippen LogP contribution in [0.25, 0.3) is 27.4 Å². The Morgan fingerprint density at radius 3 is 2.33 bits per heavy atom. The van der Waals surface area contributed by atoms with Gasteiger partial charge in [-0.25, -0.2) is 18.6 Å². The number of fused-ring (bicyclic) bond motifs is 2. The van der Waals surface area contributed by atoms with Crippen molar-refractivity contribution >= 4 is 27.6 Å². The Morgan fingerprint density at radius 2 is 1.62 bits per heavy atom. The maximum absolute atomic E-state index is 8.49. The fourth-order valence-corrected chi connectivity index (χ4v) is 3.11. The van der Waals surface area contributed by atoms with Crippen molar-refractivity contribution in [2.45, 2.75) is 0 Å². The quantitative estimate of drug-likeness (QED) is 0.339. The van der Waals surface area contributed by atoms with Gasteiger partial charge < -0.3 is 0 Å². The molecular formula is C17H12ClNO4S. The molecule has 24 heavy (non-hydrogen) atoms. The van der Waals surface area contributed by atoms with Crippen LogP contribution in [0.2, 0.25) is 0 Å². The van der Waals surface area contributed by atoms with Crippen LogP contribution < -0.4 is 23.0 Å². The largest absolute Gasteiger partial charge is 0.222 e. The average molecular weight is 362 g/mol. The molecule has 0 bridgehead atoms. The van der Waals surface area contributed by atoms with Gasteiger partial charge in [-0.05, 0) is 51.5 Å². The Balaban J connectivity index is 0.000000300. The summed E-state index contributed by atoms with van der Waals surface area (Å²) in [7, 11) is -4.94. The van der Waals surface area contributed by atoms with E-state index < -0.39 is 10.2 Å². The van der Waals surface area contributed by atoms with E-state index in [1.54, 1.807) is 11.3 Å². The maximum Gasteiger partial charge on any atom is 0.211 e. The van der Waals surface area contributed by atoms with Crippen LogP contribution in [0.5, 0.6) is 0 Å². The van der Waals surface area contributed by atoms with E-state index in [4.69, 9.17) is 18.6 Å². The highest BCUT2D eigenvalue weighted by Gasteiger charge is 2.06. The van der Waals surface area contributed by atoms with Crippen molar-refractivity contribution in [3.05, 3.63) is 71.7 Å². The molecule has 0 saturated heterocycles. The van der Waals surface area contributed by atoms with Crippen molar-refractivity contribution in [3.8, 4) is 11.1 Å². The Bertz CT molecular complexity index is 961. The lowest BCUT2D eigenvalue weighted by Crippen LogP contribution is -2.68. The number of pyridine rings is 2. The van der Waals surface area contributed by atoms with E-state index in [0.29, 0.717) is 0 Å². The molecule has 1 aromatic carbocycles. The van der Waals surface area contributed by atoms with Crippen LogP contribution in [0.15, 0.2) is 71.7 Å². The number of halogens is 1. The minimum absolute atomic E-state index is 1.22. The van der Waals surface area contributed by atoms with Crippen LogP contribution >= 0.6 is 11.3 Å². The zero-order valence-electron chi connectivity index (χ0n) is 12.3. The summed E-state index contributed by atoms with van der Waals surface area (Å²) in [5.74, 6) is 0. The third-order valence-corrected chi connectivity index (χ3v) is 4.13. The Kier molecular flexibility index (Phi) is 4.77. The standard InChI is InChI=1S/C17H12NS.ClHO4/c1-2-7-18-11-14-5-4-13(15-6-8-19-12-15)9-16(14)10-17(18)3-1;2-1(3,4)5/h1-12H;(H,2,3,4,5)/q+1;/p-1. The van der Waals surface area contributed by atoms with Crippen molar-refractivity contribution in [2.24, 2.45) is 0 Å². The maximum atomic E-state index is 8.49. The highest BCUT2D eigenvalue weighted by molar-refractivity contribution is 7.08. The summed E-state index contributed by atoms with van der Waals surface area (Å²) in [6.07, 6.45) is 4.27. The average Bonchev–Trinajstić information content (AvgIpc) is 3.05. The second-order valence-electron chi connectivity index (χ2n) is 5.04. The van der Waals surface area contributed by atoms with Gasteiger partial charge in [0.15, 0.2) is 12.4 Å². The molecule has 0 radical (unpaired) electrons. The highest BCUT2D eigenvalue weighted by atomic mass is 35.7. The lowest BCUT2D eigenvalue weighted by Gasteiger charge is -2.17. The summed E-state index contributed by atoms with van der Waals surface area (Å²) >= 11 is 1.74. The van der Waals surface area contributed by atoms with Gasteiger partial charge in [0.05, 0.1) is 0 Å². The van der Waals surface area contributed by atoms with E-state index in [1.165, 1.54) is 27.4 Å². The first-order valence-corrected chi connectivity index (χ1v) is 9.06. The van der Waals surface area contributed by atoms with Crippen LogP contribution in [-0.2, 0) is 0 Å². The molecule has 0 saturated carbocycles. The van der Waals surface area contributed by atoms with Crippen molar-refractivity contribution in [3.63, 3.8) is 0 Å². The molecule has 0 atom stereocenters. The second-order valence-corrected chi connectivity index (χ2v) is 6.58. The van der Waals surface area contributed by atoms with Gasteiger partial charge in [-0.2, -0.15) is 15.7 Å². The molecule has 122 valence electrons. The summed E-state index contributed by atoms with van der Waals surface area (Å²) in [6, 6.07) is 17.3. The predicted octanol–water partition coefficient (Wildman–Crippen LogP) is -0.449. The molecule has 3 aromatic heterocycles. The van der Waals surface area contributed by atoms with Gasteiger partial charge in [0, 0.05) is 23.6 Å². The zero-order chi connectivity index (χ0) is 17.2. The molecule has 0 fully saturated rings.